The highest BCUT2D eigenvalue weighted by Crippen LogP contribution is 2.32. The van der Waals surface area contributed by atoms with Crippen molar-refractivity contribution in [2.45, 2.75) is 52.9 Å². The molecule has 0 aliphatic rings. The lowest BCUT2D eigenvalue weighted by molar-refractivity contribution is -0.118. The van der Waals surface area contributed by atoms with Crippen molar-refractivity contribution >= 4 is 27.5 Å². The van der Waals surface area contributed by atoms with E-state index >= 15 is 0 Å². The van der Waals surface area contributed by atoms with Crippen molar-refractivity contribution in [2.75, 3.05) is 11.9 Å². The van der Waals surface area contributed by atoms with E-state index in [0.29, 0.717) is 5.92 Å². The fraction of sp³-hybridized carbons (Fsp3) is 0.409. The van der Waals surface area contributed by atoms with Crippen LogP contribution in [0, 0.1) is 6.92 Å². The third-order valence-electron chi connectivity index (χ3n) is 4.33. The smallest absolute Gasteiger partial charge is 0.262 e. The van der Waals surface area contributed by atoms with Gasteiger partial charge in [0.15, 0.2) is 6.61 Å². The summed E-state index contributed by atoms with van der Waals surface area (Å²) in [5, 5.41) is 2.90. The summed E-state index contributed by atoms with van der Waals surface area (Å²) < 4.78 is 6.87. The van der Waals surface area contributed by atoms with Crippen LogP contribution in [-0.4, -0.2) is 12.5 Å². The Bertz CT molecular complexity index is 739. The van der Waals surface area contributed by atoms with Gasteiger partial charge in [0, 0.05) is 10.2 Å². The van der Waals surface area contributed by atoms with Crippen LogP contribution in [0.15, 0.2) is 40.9 Å². The molecule has 0 heterocycles. The van der Waals surface area contributed by atoms with Crippen LogP contribution in [0.3, 0.4) is 0 Å². The quantitative estimate of drug-likeness (QED) is 0.551. The summed E-state index contributed by atoms with van der Waals surface area (Å²) in [4.78, 5) is 12.2. The molecule has 26 heavy (non-hydrogen) atoms. The number of benzene rings is 2. The van der Waals surface area contributed by atoms with Crippen molar-refractivity contribution in [3.8, 4) is 5.75 Å². The first-order valence-electron chi connectivity index (χ1n) is 9.22. The van der Waals surface area contributed by atoms with Crippen LogP contribution in [0.1, 0.15) is 56.2 Å². The number of anilines is 1. The average Bonchev–Trinajstić information content (AvgIpc) is 2.61. The number of carbonyl (C=O) groups excluding carboxylic acids is 1. The lowest BCUT2D eigenvalue weighted by atomic mass is 10.0. The van der Waals surface area contributed by atoms with E-state index < -0.39 is 0 Å². The first-order valence-corrected chi connectivity index (χ1v) is 10.0. The van der Waals surface area contributed by atoms with E-state index in [1.54, 1.807) is 0 Å². The molecule has 0 saturated heterocycles. The standard InChI is InChI=1S/C22H28BrNO2/c1-5-6-7-17-8-10-18(11-9-17)24-22(25)14-26-21-12-16(4)20(23)13-19(21)15(2)3/h8-13,15H,5-7,14H2,1-4H3,(H,24,25). The third kappa shape index (κ3) is 5.87. The lowest BCUT2D eigenvalue weighted by Crippen LogP contribution is -2.20. The van der Waals surface area contributed by atoms with Crippen LogP contribution >= 0.6 is 15.9 Å². The Morgan fingerprint density at radius 2 is 1.88 bits per heavy atom. The lowest BCUT2D eigenvalue weighted by Gasteiger charge is -2.16. The van der Waals surface area contributed by atoms with Crippen molar-refractivity contribution in [1.82, 2.24) is 0 Å². The minimum absolute atomic E-state index is 0.00161. The van der Waals surface area contributed by atoms with Crippen LogP contribution in [0.5, 0.6) is 5.75 Å². The van der Waals surface area contributed by atoms with Crippen molar-refractivity contribution in [2.24, 2.45) is 0 Å². The van der Waals surface area contributed by atoms with Crippen molar-refractivity contribution in [1.29, 1.82) is 0 Å². The van der Waals surface area contributed by atoms with Crippen molar-refractivity contribution < 1.29 is 9.53 Å². The summed E-state index contributed by atoms with van der Waals surface area (Å²) >= 11 is 3.56. The van der Waals surface area contributed by atoms with Crippen molar-refractivity contribution in [3.63, 3.8) is 0 Å². The predicted molar refractivity (Wildman–Crippen MR) is 112 cm³/mol. The molecular weight excluding hydrogens is 390 g/mol. The zero-order chi connectivity index (χ0) is 19.1. The van der Waals surface area contributed by atoms with Crippen LogP contribution in [-0.2, 0) is 11.2 Å². The SMILES string of the molecule is CCCCc1ccc(NC(=O)COc2cc(C)c(Br)cc2C(C)C)cc1. The molecule has 0 spiro atoms. The van der Waals surface area contributed by atoms with Crippen LogP contribution in [0.25, 0.3) is 0 Å². The van der Waals surface area contributed by atoms with Gasteiger partial charge in [-0.2, -0.15) is 0 Å². The Morgan fingerprint density at radius 1 is 1.19 bits per heavy atom. The van der Waals surface area contributed by atoms with Crippen LogP contribution in [0.2, 0.25) is 0 Å². The van der Waals surface area contributed by atoms with Gasteiger partial charge >= 0.3 is 0 Å². The van der Waals surface area contributed by atoms with E-state index in [1.807, 2.05) is 25.1 Å². The van der Waals surface area contributed by atoms with Crippen LogP contribution in [0.4, 0.5) is 5.69 Å². The van der Waals surface area contributed by atoms with E-state index in [1.165, 1.54) is 18.4 Å². The van der Waals surface area contributed by atoms with Gasteiger partial charge in [-0.15, -0.1) is 0 Å². The fourth-order valence-corrected chi connectivity index (χ4v) is 3.08. The molecule has 0 aromatic heterocycles. The molecule has 3 nitrogen and oxygen atoms in total. The number of hydrogen-bond donors (Lipinski definition) is 1. The molecule has 0 unspecified atom stereocenters. The molecular formula is C22H28BrNO2. The summed E-state index contributed by atoms with van der Waals surface area (Å²) in [5.74, 6) is 0.938. The molecule has 140 valence electrons. The Morgan fingerprint density at radius 3 is 2.50 bits per heavy atom. The summed E-state index contributed by atoms with van der Waals surface area (Å²) in [5.41, 5.74) is 4.28. The molecule has 0 atom stereocenters. The Labute approximate surface area is 165 Å². The highest BCUT2D eigenvalue weighted by molar-refractivity contribution is 9.10. The van der Waals surface area contributed by atoms with Gasteiger partial charge in [0.2, 0.25) is 0 Å². The molecule has 0 radical (unpaired) electrons. The first kappa shape index (κ1) is 20.5. The molecule has 1 N–H and O–H groups in total. The number of hydrogen-bond acceptors (Lipinski definition) is 2. The maximum absolute atomic E-state index is 12.2. The number of unbranched alkanes of at least 4 members (excludes halogenated alkanes) is 1. The number of aryl methyl sites for hydroxylation is 2. The minimum Gasteiger partial charge on any atom is -0.483 e. The van der Waals surface area contributed by atoms with Gasteiger partial charge in [-0.3, -0.25) is 4.79 Å². The fourth-order valence-electron chi connectivity index (χ4n) is 2.72. The van der Waals surface area contributed by atoms with E-state index in [9.17, 15) is 4.79 Å². The Hall–Kier alpha value is -1.81. The van der Waals surface area contributed by atoms with Crippen molar-refractivity contribution in [3.05, 3.63) is 57.6 Å². The zero-order valence-electron chi connectivity index (χ0n) is 16.1. The summed E-state index contributed by atoms with van der Waals surface area (Å²) in [6, 6.07) is 12.1. The number of nitrogens with one attached hydrogen (secondary N) is 1. The maximum atomic E-state index is 12.2. The van der Waals surface area contributed by atoms with Gasteiger partial charge in [0.1, 0.15) is 5.75 Å². The summed E-state index contributed by atoms with van der Waals surface area (Å²) in [7, 11) is 0. The number of carbonyl (C=O) groups is 1. The van der Waals surface area contributed by atoms with E-state index in [-0.39, 0.29) is 12.5 Å². The van der Waals surface area contributed by atoms with Gasteiger partial charge < -0.3 is 10.1 Å². The second-order valence-corrected chi connectivity index (χ2v) is 7.79. The molecule has 1 amide bonds. The number of rotatable bonds is 8. The van der Waals surface area contributed by atoms with Gasteiger partial charge in [-0.1, -0.05) is 55.3 Å². The van der Waals surface area contributed by atoms with Gasteiger partial charge in [-0.05, 0) is 66.6 Å². The average molecular weight is 418 g/mol. The zero-order valence-corrected chi connectivity index (χ0v) is 17.7. The molecule has 2 aromatic rings. The summed E-state index contributed by atoms with van der Waals surface area (Å²) in [6.45, 7) is 8.43. The van der Waals surface area contributed by atoms with E-state index in [2.05, 4.69) is 60.2 Å². The Balaban J connectivity index is 1.95. The van der Waals surface area contributed by atoms with E-state index in [0.717, 1.165) is 33.5 Å². The molecule has 2 rings (SSSR count). The monoisotopic (exact) mass is 417 g/mol. The highest BCUT2D eigenvalue weighted by atomic mass is 79.9. The van der Waals surface area contributed by atoms with Gasteiger partial charge in [0.05, 0.1) is 0 Å². The topological polar surface area (TPSA) is 38.3 Å². The number of ether oxygens (including phenoxy) is 1. The molecule has 4 heteroatoms. The molecule has 0 fully saturated rings. The predicted octanol–water partition coefficient (Wildman–Crippen LogP) is 6.24. The maximum Gasteiger partial charge on any atom is 0.262 e. The largest absolute Gasteiger partial charge is 0.483 e. The van der Waals surface area contributed by atoms with E-state index in [4.69, 9.17) is 4.74 Å². The molecule has 0 aliphatic heterocycles. The van der Waals surface area contributed by atoms with Gasteiger partial charge in [0.25, 0.3) is 5.91 Å². The molecule has 0 bridgehead atoms. The molecule has 0 saturated carbocycles. The second kappa shape index (κ2) is 9.77. The molecule has 0 aliphatic carbocycles. The van der Waals surface area contributed by atoms with Gasteiger partial charge in [-0.25, -0.2) is 0 Å². The number of amides is 1. The highest BCUT2D eigenvalue weighted by Gasteiger charge is 2.12. The minimum atomic E-state index is -0.151. The first-order chi connectivity index (χ1) is 12.4. The summed E-state index contributed by atoms with van der Waals surface area (Å²) in [6.07, 6.45) is 3.45. The second-order valence-electron chi connectivity index (χ2n) is 6.93. The molecule has 2 aromatic carbocycles. The third-order valence-corrected chi connectivity index (χ3v) is 5.18. The Kier molecular flexibility index (Phi) is 7.70. The normalized spacial score (nSPS) is 10.8. The van der Waals surface area contributed by atoms with Crippen LogP contribution < -0.4 is 10.1 Å². The number of halogens is 1.